The lowest BCUT2D eigenvalue weighted by atomic mass is 9.75. The van der Waals surface area contributed by atoms with Crippen LogP contribution in [0.3, 0.4) is 0 Å². The van der Waals surface area contributed by atoms with Crippen molar-refractivity contribution < 1.29 is 9.53 Å². The first-order chi connectivity index (χ1) is 7.60. The molecule has 0 unspecified atom stereocenters. The molecule has 0 radical (unpaired) electrons. The molecule has 0 aromatic rings. The number of carbonyl (C=O) groups excluding carboxylic acids is 1. The number of carbonyl (C=O) groups is 1. The average Bonchev–Trinajstić information content (AvgIpc) is 2.27. The van der Waals surface area contributed by atoms with Crippen molar-refractivity contribution in [2.45, 2.75) is 44.6 Å². The molecule has 2 fully saturated rings. The molecule has 0 spiro atoms. The van der Waals surface area contributed by atoms with E-state index >= 15 is 0 Å². The van der Waals surface area contributed by atoms with E-state index in [0.29, 0.717) is 19.8 Å². The van der Waals surface area contributed by atoms with E-state index in [9.17, 15) is 4.79 Å². The fraction of sp³-hybridized carbons (Fsp3) is 0.917. The summed E-state index contributed by atoms with van der Waals surface area (Å²) < 4.78 is 5.31. The fourth-order valence-electron chi connectivity index (χ4n) is 2.52. The summed E-state index contributed by atoms with van der Waals surface area (Å²) in [5.74, 6) is 0.139. The molecule has 16 heavy (non-hydrogen) atoms. The Labute approximate surface area is 96.9 Å². The van der Waals surface area contributed by atoms with E-state index in [0.717, 1.165) is 25.7 Å². The van der Waals surface area contributed by atoms with Gasteiger partial charge in [-0.3, -0.25) is 4.79 Å². The van der Waals surface area contributed by atoms with Crippen LogP contribution in [0.5, 0.6) is 0 Å². The smallest absolute Gasteiger partial charge is 0.228 e. The Kier molecular flexibility index (Phi) is 3.22. The number of hydrogen-bond acceptors (Lipinski definition) is 3. The summed E-state index contributed by atoms with van der Waals surface area (Å²) in [6.07, 6.45) is 4.91. The maximum atomic E-state index is 12.3. The zero-order valence-electron chi connectivity index (χ0n) is 10.1. The molecule has 3 N–H and O–H groups in total. The third-order valence-corrected chi connectivity index (χ3v) is 4.19. The van der Waals surface area contributed by atoms with Crippen LogP contribution in [0, 0.1) is 5.41 Å². The van der Waals surface area contributed by atoms with E-state index < -0.39 is 0 Å². The Morgan fingerprint density at radius 1 is 1.31 bits per heavy atom. The molecule has 1 amide bonds. The molecule has 4 nitrogen and oxygen atoms in total. The molecule has 1 heterocycles. The Hall–Kier alpha value is -0.610. The highest BCUT2D eigenvalue weighted by atomic mass is 16.5. The van der Waals surface area contributed by atoms with Gasteiger partial charge < -0.3 is 15.8 Å². The first-order valence-electron chi connectivity index (χ1n) is 6.21. The molecule has 0 aromatic heterocycles. The minimum Gasteiger partial charge on any atom is -0.381 e. The van der Waals surface area contributed by atoms with Crippen LogP contribution in [0.15, 0.2) is 0 Å². The summed E-state index contributed by atoms with van der Waals surface area (Å²) in [6, 6.07) is 0. The largest absolute Gasteiger partial charge is 0.381 e. The van der Waals surface area contributed by atoms with Gasteiger partial charge in [0.2, 0.25) is 5.91 Å². The van der Waals surface area contributed by atoms with Gasteiger partial charge in [0.25, 0.3) is 0 Å². The maximum Gasteiger partial charge on any atom is 0.228 e. The van der Waals surface area contributed by atoms with E-state index in [1.54, 1.807) is 0 Å². The van der Waals surface area contributed by atoms with Gasteiger partial charge in [0.05, 0.1) is 5.41 Å². The zero-order valence-corrected chi connectivity index (χ0v) is 10.1. The van der Waals surface area contributed by atoms with Gasteiger partial charge in [-0.15, -0.1) is 0 Å². The Balaban J connectivity index is 1.99. The molecule has 4 heteroatoms. The molecular formula is C12H22N2O2. The van der Waals surface area contributed by atoms with Crippen molar-refractivity contribution in [1.82, 2.24) is 5.32 Å². The van der Waals surface area contributed by atoms with Crippen LogP contribution in [-0.4, -0.2) is 31.2 Å². The van der Waals surface area contributed by atoms with E-state index in [-0.39, 0.29) is 16.9 Å². The van der Waals surface area contributed by atoms with Crippen LogP contribution in [-0.2, 0) is 9.53 Å². The number of hydrogen-bond donors (Lipinski definition) is 2. The molecule has 1 saturated heterocycles. The zero-order chi connectivity index (χ0) is 11.6. The molecule has 2 aliphatic rings. The molecular weight excluding hydrogens is 204 g/mol. The Morgan fingerprint density at radius 3 is 2.38 bits per heavy atom. The van der Waals surface area contributed by atoms with Crippen molar-refractivity contribution >= 4 is 5.91 Å². The van der Waals surface area contributed by atoms with Crippen LogP contribution in [0.25, 0.3) is 0 Å². The first kappa shape index (κ1) is 11.9. The summed E-state index contributed by atoms with van der Waals surface area (Å²) in [5.41, 5.74) is 5.45. The van der Waals surface area contributed by atoms with Crippen molar-refractivity contribution in [2.24, 2.45) is 11.1 Å². The van der Waals surface area contributed by atoms with Crippen molar-refractivity contribution in [3.8, 4) is 0 Å². The van der Waals surface area contributed by atoms with Crippen LogP contribution < -0.4 is 11.1 Å². The quantitative estimate of drug-likeness (QED) is 0.748. The highest BCUT2D eigenvalue weighted by Crippen LogP contribution is 2.35. The first-order valence-corrected chi connectivity index (χ1v) is 6.21. The second kappa shape index (κ2) is 4.34. The number of amides is 1. The lowest BCUT2D eigenvalue weighted by Gasteiger charge is -2.43. The van der Waals surface area contributed by atoms with Gasteiger partial charge >= 0.3 is 0 Å². The summed E-state index contributed by atoms with van der Waals surface area (Å²) in [6.45, 7) is 3.86. The summed E-state index contributed by atoms with van der Waals surface area (Å²) in [5, 5.41) is 3.18. The van der Waals surface area contributed by atoms with Gasteiger partial charge in [-0.25, -0.2) is 0 Å². The maximum absolute atomic E-state index is 12.3. The molecule has 92 valence electrons. The third kappa shape index (κ3) is 2.09. The highest BCUT2D eigenvalue weighted by molar-refractivity contribution is 5.83. The van der Waals surface area contributed by atoms with Gasteiger partial charge in [0.15, 0.2) is 0 Å². The molecule has 0 bridgehead atoms. The van der Waals surface area contributed by atoms with Gasteiger partial charge in [-0.05, 0) is 39.0 Å². The van der Waals surface area contributed by atoms with Crippen molar-refractivity contribution in [3.05, 3.63) is 0 Å². The fourth-order valence-corrected chi connectivity index (χ4v) is 2.52. The van der Waals surface area contributed by atoms with Crippen molar-refractivity contribution in [3.63, 3.8) is 0 Å². The monoisotopic (exact) mass is 226 g/mol. The highest BCUT2D eigenvalue weighted by Gasteiger charge is 2.43. The Morgan fingerprint density at radius 2 is 1.94 bits per heavy atom. The summed E-state index contributed by atoms with van der Waals surface area (Å²) >= 11 is 0. The molecule has 0 aromatic carbocycles. The Bertz CT molecular complexity index is 268. The van der Waals surface area contributed by atoms with Gasteiger partial charge in [0, 0.05) is 25.3 Å². The second-order valence-corrected chi connectivity index (χ2v) is 5.47. The van der Waals surface area contributed by atoms with Gasteiger partial charge in [0.1, 0.15) is 0 Å². The van der Waals surface area contributed by atoms with E-state index in [1.165, 1.54) is 6.42 Å². The molecule has 0 atom stereocenters. The summed E-state index contributed by atoms with van der Waals surface area (Å²) in [7, 11) is 0. The third-order valence-electron chi connectivity index (χ3n) is 4.19. The predicted octanol–water partition coefficient (Wildman–Crippen LogP) is 0.801. The second-order valence-electron chi connectivity index (χ2n) is 5.47. The number of ether oxygens (including phenoxy) is 1. The van der Waals surface area contributed by atoms with Crippen LogP contribution in [0.4, 0.5) is 0 Å². The predicted molar refractivity (Wildman–Crippen MR) is 61.9 cm³/mol. The number of nitrogens with one attached hydrogen (secondary N) is 1. The van der Waals surface area contributed by atoms with Crippen molar-refractivity contribution in [2.75, 3.05) is 19.8 Å². The standard InChI is InChI=1S/C12H22N2O2/c1-11(3-2-4-11)14-10(15)12(9-13)5-7-16-8-6-12/h2-9,13H2,1H3,(H,14,15). The number of rotatable bonds is 3. The van der Waals surface area contributed by atoms with Gasteiger partial charge in [-0.1, -0.05) is 0 Å². The van der Waals surface area contributed by atoms with Crippen LogP contribution >= 0.6 is 0 Å². The van der Waals surface area contributed by atoms with Gasteiger partial charge in [-0.2, -0.15) is 0 Å². The van der Waals surface area contributed by atoms with E-state index in [2.05, 4.69) is 12.2 Å². The van der Waals surface area contributed by atoms with Crippen LogP contribution in [0.1, 0.15) is 39.0 Å². The lowest BCUT2D eigenvalue weighted by Crippen LogP contribution is -2.58. The lowest BCUT2D eigenvalue weighted by molar-refractivity contribution is -0.138. The van der Waals surface area contributed by atoms with Crippen LogP contribution in [0.2, 0.25) is 0 Å². The minimum atomic E-state index is -0.378. The normalized spacial score (nSPS) is 26.9. The molecule has 1 saturated carbocycles. The SMILES string of the molecule is CC1(NC(=O)C2(CN)CCOCC2)CCC1. The van der Waals surface area contributed by atoms with Crippen molar-refractivity contribution in [1.29, 1.82) is 0 Å². The topological polar surface area (TPSA) is 64.4 Å². The summed E-state index contributed by atoms with van der Waals surface area (Å²) in [4.78, 5) is 12.3. The number of nitrogens with two attached hydrogens (primary N) is 1. The average molecular weight is 226 g/mol. The molecule has 2 rings (SSSR count). The molecule has 1 aliphatic carbocycles. The van der Waals surface area contributed by atoms with E-state index in [4.69, 9.17) is 10.5 Å². The van der Waals surface area contributed by atoms with E-state index in [1.807, 2.05) is 0 Å². The minimum absolute atomic E-state index is 0.0254. The molecule has 1 aliphatic heterocycles.